The van der Waals surface area contributed by atoms with E-state index in [0.717, 1.165) is 21.3 Å². The molecule has 4 aromatic rings. The van der Waals surface area contributed by atoms with Crippen LogP contribution in [0.1, 0.15) is 21.5 Å². The molecule has 0 unspecified atom stereocenters. The number of halogens is 2. The second kappa shape index (κ2) is 9.81. The summed E-state index contributed by atoms with van der Waals surface area (Å²) >= 11 is 9.61. The van der Waals surface area contributed by atoms with Crippen molar-refractivity contribution in [2.24, 2.45) is 0 Å². The van der Waals surface area contributed by atoms with Gasteiger partial charge in [-0.3, -0.25) is 9.48 Å². The number of anilines is 1. The topological polar surface area (TPSA) is 56.2 Å². The molecule has 1 amide bonds. The van der Waals surface area contributed by atoms with E-state index in [1.807, 2.05) is 66.7 Å². The molecule has 0 atom stereocenters. The third-order valence-corrected chi connectivity index (χ3v) is 5.49. The van der Waals surface area contributed by atoms with Crippen LogP contribution in [0.2, 0.25) is 5.02 Å². The minimum atomic E-state index is -0.206. The van der Waals surface area contributed by atoms with Crippen LogP contribution in [0.15, 0.2) is 89.7 Å². The number of carbonyl (C=O) groups is 1. The van der Waals surface area contributed by atoms with Crippen molar-refractivity contribution in [3.05, 3.63) is 111 Å². The zero-order valence-electron chi connectivity index (χ0n) is 16.5. The molecule has 5 nitrogen and oxygen atoms in total. The lowest BCUT2D eigenvalue weighted by Crippen LogP contribution is -2.12. The minimum Gasteiger partial charge on any atom is -0.489 e. The van der Waals surface area contributed by atoms with Gasteiger partial charge in [-0.05, 0) is 53.6 Å². The molecule has 156 valence electrons. The summed E-state index contributed by atoms with van der Waals surface area (Å²) in [5.41, 5.74) is 3.04. The maximum Gasteiger partial charge on any atom is 0.255 e. The van der Waals surface area contributed by atoms with Gasteiger partial charge < -0.3 is 10.1 Å². The van der Waals surface area contributed by atoms with Gasteiger partial charge in [0.25, 0.3) is 5.91 Å². The molecule has 1 aromatic heterocycles. The summed E-state index contributed by atoms with van der Waals surface area (Å²) < 4.78 is 8.52. The van der Waals surface area contributed by atoms with Crippen LogP contribution in [0.5, 0.6) is 5.75 Å². The monoisotopic (exact) mass is 495 g/mol. The van der Waals surface area contributed by atoms with Gasteiger partial charge >= 0.3 is 0 Å². The van der Waals surface area contributed by atoms with Crippen molar-refractivity contribution >= 4 is 39.1 Å². The fraction of sp³-hybridized carbons (Fsp3) is 0.0833. The molecule has 0 spiro atoms. The molecule has 0 saturated carbocycles. The summed E-state index contributed by atoms with van der Waals surface area (Å²) in [5.74, 6) is 0.562. The minimum absolute atomic E-state index is 0.206. The summed E-state index contributed by atoms with van der Waals surface area (Å²) in [7, 11) is 0. The first-order chi connectivity index (χ1) is 15.1. The molecule has 0 saturated heterocycles. The zero-order valence-corrected chi connectivity index (χ0v) is 18.8. The van der Waals surface area contributed by atoms with Gasteiger partial charge in [0.1, 0.15) is 12.4 Å². The normalized spacial score (nSPS) is 10.6. The number of ether oxygens (including phenoxy) is 1. The number of amides is 1. The summed E-state index contributed by atoms with van der Waals surface area (Å²) in [5, 5.41) is 7.88. The molecule has 31 heavy (non-hydrogen) atoms. The molecule has 0 radical (unpaired) electrons. The fourth-order valence-electron chi connectivity index (χ4n) is 3.02. The molecule has 0 aliphatic carbocycles. The van der Waals surface area contributed by atoms with Gasteiger partial charge in [0.15, 0.2) is 0 Å². The van der Waals surface area contributed by atoms with Crippen molar-refractivity contribution in [1.82, 2.24) is 9.78 Å². The van der Waals surface area contributed by atoms with Crippen molar-refractivity contribution in [2.75, 3.05) is 5.32 Å². The van der Waals surface area contributed by atoms with Crippen LogP contribution in [0, 0.1) is 0 Å². The van der Waals surface area contributed by atoms with Crippen LogP contribution in [-0.4, -0.2) is 15.7 Å². The van der Waals surface area contributed by atoms with Gasteiger partial charge in [-0.15, -0.1) is 0 Å². The Morgan fingerprint density at radius 1 is 1.06 bits per heavy atom. The van der Waals surface area contributed by atoms with Gasteiger partial charge in [0, 0.05) is 21.3 Å². The summed E-state index contributed by atoms with van der Waals surface area (Å²) in [6.45, 7) is 0.900. The van der Waals surface area contributed by atoms with Crippen molar-refractivity contribution < 1.29 is 9.53 Å². The molecular formula is C24H19BrClN3O2. The SMILES string of the molecule is O=C(Nc1cnn(Cc2ccccc2Cl)c1)c1cccc(COc2ccc(Br)cc2)c1. The standard InChI is InChI=1S/C24H19BrClN3O2/c25-20-8-10-22(11-9-20)31-16-17-4-3-6-18(12-17)24(30)28-21-13-27-29(15-21)14-19-5-1-2-7-23(19)26/h1-13,15H,14,16H2,(H,28,30). The van der Waals surface area contributed by atoms with E-state index < -0.39 is 0 Å². The molecule has 0 aliphatic heterocycles. The van der Waals surface area contributed by atoms with Crippen molar-refractivity contribution in [1.29, 1.82) is 0 Å². The van der Waals surface area contributed by atoms with Gasteiger partial charge in [-0.2, -0.15) is 5.10 Å². The molecular weight excluding hydrogens is 478 g/mol. The smallest absolute Gasteiger partial charge is 0.255 e. The number of hydrogen-bond donors (Lipinski definition) is 1. The van der Waals surface area contributed by atoms with Crippen LogP contribution in [0.25, 0.3) is 0 Å². The Balaban J connectivity index is 1.37. The van der Waals surface area contributed by atoms with E-state index in [1.165, 1.54) is 0 Å². The number of carbonyl (C=O) groups excluding carboxylic acids is 1. The summed E-state index contributed by atoms with van der Waals surface area (Å²) in [6.07, 6.45) is 3.40. The maximum atomic E-state index is 12.7. The molecule has 3 aromatic carbocycles. The van der Waals surface area contributed by atoms with Gasteiger partial charge in [0.05, 0.1) is 18.4 Å². The zero-order chi connectivity index (χ0) is 21.6. The number of aromatic nitrogens is 2. The highest BCUT2D eigenvalue weighted by Crippen LogP contribution is 2.19. The first kappa shape index (κ1) is 21.2. The number of benzene rings is 3. The number of nitrogens with zero attached hydrogens (tertiary/aromatic N) is 2. The predicted octanol–water partition coefficient (Wildman–Crippen LogP) is 6.18. The Kier molecular flexibility index (Phi) is 6.70. The summed E-state index contributed by atoms with van der Waals surface area (Å²) in [6, 6.07) is 22.6. The van der Waals surface area contributed by atoms with Crippen LogP contribution < -0.4 is 10.1 Å². The number of nitrogens with one attached hydrogen (secondary N) is 1. The van der Waals surface area contributed by atoms with E-state index in [2.05, 4.69) is 26.3 Å². The van der Waals surface area contributed by atoms with E-state index in [0.29, 0.717) is 29.4 Å². The summed E-state index contributed by atoms with van der Waals surface area (Å²) in [4.78, 5) is 12.7. The maximum absolute atomic E-state index is 12.7. The van der Waals surface area contributed by atoms with Crippen molar-refractivity contribution in [2.45, 2.75) is 13.2 Å². The molecule has 0 fully saturated rings. The van der Waals surface area contributed by atoms with Gasteiger partial charge in [-0.25, -0.2) is 0 Å². The average Bonchev–Trinajstić information content (AvgIpc) is 3.22. The van der Waals surface area contributed by atoms with Crippen molar-refractivity contribution in [3.63, 3.8) is 0 Å². The molecule has 1 heterocycles. The first-order valence-electron chi connectivity index (χ1n) is 9.61. The van der Waals surface area contributed by atoms with E-state index in [1.54, 1.807) is 23.1 Å². The third-order valence-electron chi connectivity index (χ3n) is 4.59. The van der Waals surface area contributed by atoms with Crippen LogP contribution in [0.4, 0.5) is 5.69 Å². The highest BCUT2D eigenvalue weighted by atomic mass is 79.9. The molecule has 0 aliphatic rings. The van der Waals surface area contributed by atoms with Crippen LogP contribution in [0.3, 0.4) is 0 Å². The largest absolute Gasteiger partial charge is 0.489 e. The highest BCUT2D eigenvalue weighted by Gasteiger charge is 2.09. The second-order valence-corrected chi connectivity index (χ2v) is 8.24. The Hall–Kier alpha value is -3.09. The quantitative estimate of drug-likeness (QED) is 0.332. The lowest BCUT2D eigenvalue weighted by molar-refractivity contribution is 0.102. The average molecular weight is 497 g/mol. The second-order valence-electron chi connectivity index (χ2n) is 6.92. The van der Waals surface area contributed by atoms with E-state index in [4.69, 9.17) is 16.3 Å². The third kappa shape index (κ3) is 5.75. The van der Waals surface area contributed by atoms with E-state index in [9.17, 15) is 4.79 Å². The molecule has 0 bridgehead atoms. The fourth-order valence-corrected chi connectivity index (χ4v) is 3.48. The molecule has 4 rings (SSSR count). The van der Waals surface area contributed by atoms with E-state index in [-0.39, 0.29) is 5.91 Å². The lowest BCUT2D eigenvalue weighted by atomic mass is 10.1. The van der Waals surface area contributed by atoms with E-state index >= 15 is 0 Å². The first-order valence-corrected chi connectivity index (χ1v) is 10.8. The van der Waals surface area contributed by atoms with Gasteiger partial charge in [0.2, 0.25) is 0 Å². The Labute approximate surface area is 193 Å². The molecule has 1 N–H and O–H groups in total. The Morgan fingerprint density at radius 2 is 1.87 bits per heavy atom. The lowest BCUT2D eigenvalue weighted by Gasteiger charge is -2.08. The Bertz CT molecular complexity index is 1190. The predicted molar refractivity (Wildman–Crippen MR) is 126 cm³/mol. The number of rotatable bonds is 7. The van der Waals surface area contributed by atoms with Crippen molar-refractivity contribution in [3.8, 4) is 5.75 Å². The van der Waals surface area contributed by atoms with Gasteiger partial charge in [-0.1, -0.05) is 57.9 Å². The highest BCUT2D eigenvalue weighted by molar-refractivity contribution is 9.10. The molecule has 7 heteroatoms. The Morgan fingerprint density at radius 3 is 2.68 bits per heavy atom. The number of hydrogen-bond acceptors (Lipinski definition) is 3. The van der Waals surface area contributed by atoms with Crippen LogP contribution in [-0.2, 0) is 13.2 Å². The van der Waals surface area contributed by atoms with Crippen LogP contribution >= 0.6 is 27.5 Å².